The summed E-state index contributed by atoms with van der Waals surface area (Å²) in [7, 11) is 0. The lowest BCUT2D eigenvalue weighted by atomic mass is 10.3. The topological polar surface area (TPSA) is 9.23 Å². The molecule has 0 aliphatic heterocycles. The molecule has 0 fully saturated rings. The third-order valence-corrected chi connectivity index (χ3v) is 2.60. The van der Waals surface area contributed by atoms with Crippen molar-refractivity contribution in [3.05, 3.63) is 27.8 Å². The van der Waals surface area contributed by atoms with Crippen LogP contribution in [0.2, 0.25) is 0 Å². The Balaban J connectivity index is 2.25. The number of hydrogen-bond acceptors (Lipinski definition) is 1. The average molecular weight is 311 g/mol. The molecule has 1 aromatic rings. The van der Waals surface area contributed by atoms with Crippen molar-refractivity contribution in [1.29, 1.82) is 0 Å². The van der Waals surface area contributed by atoms with Crippen LogP contribution in [-0.2, 0) is 0 Å². The maximum atomic E-state index is 5.55. The van der Waals surface area contributed by atoms with E-state index in [2.05, 4.69) is 22.6 Å². The summed E-state index contributed by atoms with van der Waals surface area (Å²) >= 11 is 7.82. The molecule has 0 atom stereocenters. The van der Waals surface area contributed by atoms with Gasteiger partial charge in [-0.1, -0.05) is 0 Å². The van der Waals surface area contributed by atoms with Gasteiger partial charge in [-0.25, -0.2) is 0 Å². The molecule has 72 valence electrons. The number of hydrogen-bond donors (Lipinski definition) is 0. The lowest BCUT2D eigenvalue weighted by molar-refractivity contribution is 0.309. The van der Waals surface area contributed by atoms with Crippen molar-refractivity contribution in [2.45, 2.75) is 12.8 Å². The molecule has 0 heterocycles. The van der Waals surface area contributed by atoms with Gasteiger partial charge in [0.2, 0.25) is 0 Å². The van der Waals surface area contributed by atoms with Crippen LogP contribution in [0.25, 0.3) is 0 Å². The fourth-order valence-corrected chi connectivity index (χ4v) is 1.47. The monoisotopic (exact) mass is 310 g/mol. The Hall–Kier alpha value is 0.0400. The van der Waals surface area contributed by atoms with Gasteiger partial charge in [-0.05, 0) is 59.7 Å². The Morgan fingerprint density at radius 3 is 2.46 bits per heavy atom. The average Bonchev–Trinajstić information content (AvgIpc) is 2.15. The minimum absolute atomic E-state index is 0.718. The number of halogens is 2. The Morgan fingerprint density at radius 1 is 1.15 bits per heavy atom. The van der Waals surface area contributed by atoms with Gasteiger partial charge in [0.05, 0.1) is 6.61 Å². The first-order chi connectivity index (χ1) is 6.33. The fourth-order valence-electron chi connectivity index (χ4n) is 0.917. The van der Waals surface area contributed by atoms with Crippen molar-refractivity contribution < 1.29 is 4.74 Å². The van der Waals surface area contributed by atoms with Crippen LogP contribution in [-0.4, -0.2) is 12.5 Å². The molecule has 0 amide bonds. The molecule has 3 heteroatoms. The fraction of sp³-hybridized carbons (Fsp3) is 0.400. The maximum Gasteiger partial charge on any atom is 0.119 e. The number of alkyl halides is 1. The highest BCUT2D eigenvalue weighted by Gasteiger charge is 1.92. The molecule has 0 aromatic heterocycles. The molecule has 0 bridgehead atoms. The molecule has 0 aliphatic rings. The zero-order valence-electron chi connectivity index (χ0n) is 7.30. The van der Waals surface area contributed by atoms with Crippen LogP contribution >= 0.6 is 34.2 Å². The molecule has 0 N–H and O–H groups in total. The van der Waals surface area contributed by atoms with Crippen LogP contribution in [0.1, 0.15) is 12.8 Å². The van der Waals surface area contributed by atoms with Crippen molar-refractivity contribution in [3.63, 3.8) is 0 Å². The molecule has 0 saturated carbocycles. The van der Waals surface area contributed by atoms with Crippen LogP contribution in [0.5, 0.6) is 5.75 Å². The Labute approximate surface area is 97.6 Å². The normalized spacial score (nSPS) is 10.0. The van der Waals surface area contributed by atoms with Crippen LogP contribution in [0.15, 0.2) is 24.3 Å². The van der Waals surface area contributed by atoms with E-state index in [0.29, 0.717) is 0 Å². The van der Waals surface area contributed by atoms with Gasteiger partial charge in [0.15, 0.2) is 0 Å². The summed E-state index contributed by atoms with van der Waals surface area (Å²) in [4.78, 5) is 0. The lowest BCUT2D eigenvalue weighted by Gasteiger charge is -2.04. The zero-order chi connectivity index (χ0) is 9.52. The van der Waals surface area contributed by atoms with Gasteiger partial charge in [0.1, 0.15) is 5.75 Å². The van der Waals surface area contributed by atoms with Gasteiger partial charge < -0.3 is 4.74 Å². The minimum atomic E-state index is 0.718. The quantitative estimate of drug-likeness (QED) is 0.458. The summed E-state index contributed by atoms with van der Waals surface area (Å²) < 4.78 is 6.73. The molecule has 1 rings (SSSR count). The Kier molecular flexibility index (Phi) is 5.55. The molecular weight excluding hydrogens is 298 g/mol. The summed E-state index contributed by atoms with van der Waals surface area (Å²) in [5, 5.41) is 0. The first-order valence-corrected chi connectivity index (χ1v) is 5.88. The number of rotatable bonds is 5. The van der Waals surface area contributed by atoms with E-state index < -0.39 is 0 Å². The highest BCUT2D eigenvalue weighted by atomic mass is 127. The third kappa shape index (κ3) is 4.72. The van der Waals surface area contributed by atoms with Gasteiger partial charge in [-0.3, -0.25) is 0 Å². The molecule has 1 aromatic carbocycles. The van der Waals surface area contributed by atoms with E-state index in [0.717, 1.165) is 31.1 Å². The minimum Gasteiger partial charge on any atom is -0.494 e. The first kappa shape index (κ1) is 11.1. The SMILES string of the molecule is ClCCCCOc1ccc(I)cc1. The van der Waals surface area contributed by atoms with E-state index >= 15 is 0 Å². The number of benzene rings is 1. The van der Waals surface area contributed by atoms with Crippen LogP contribution in [0.3, 0.4) is 0 Å². The molecule has 13 heavy (non-hydrogen) atoms. The van der Waals surface area contributed by atoms with Gasteiger partial charge in [-0.2, -0.15) is 0 Å². The van der Waals surface area contributed by atoms with Crippen molar-refractivity contribution >= 4 is 34.2 Å². The smallest absolute Gasteiger partial charge is 0.119 e. The number of ether oxygens (including phenoxy) is 1. The predicted octanol–water partition coefficient (Wildman–Crippen LogP) is 3.69. The largest absolute Gasteiger partial charge is 0.494 e. The lowest BCUT2D eigenvalue weighted by Crippen LogP contribution is -1.97. The van der Waals surface area contributed by atoms with Crippen molar-refractivity contribution in [1.82, 2.24) is 0 Å². The zero-order valence-corrected chi connectivity index (χ0v) is 10.2. The standard InChI is InChI=1S/C10H12ClIO/c11-7-1-2-8-13-10-5-3-9(12)4-6-10/h3-6H,1-2,7-8H2. The molecule has 0 aliphatic carbocycles. The molecular formula is C10H12ClIO. The maximum absolute atomic E-state index is 5.55. The molecule has 0 unspecified atom stereocenters. The first-order valence-electron chi connectivity index (χ1n) is 4.27. The second-order valence-corrected chi connectivity index (χ2v) is 4.32. The van der Waals surface area contributed by atoms with E-state index in [4.69, 9.17) is 16.3 Å². The van der Waals surface area contributed by atoms with Crippen LogP contribution < -0.4 is 4.74 Å². The van der Waals surface area contributed by atoms with Gasteiger partial charge in [0.25, 0.3) is 0 Å². The summed E-state index contributed by atoms with van der Waals surface area (Å²) in [5.41, 5.74) is 0. The summed E-state index contributed by atoms with van der Waals surface area (Å²) in [6.07, 6.45) is 2.04. The summed E-state index contributed by atoms with van der Waals surface area (Å²) in [6.45, 7) is 0.757. The second-order valence-electron chi connectivity index (χ2n) is 2.70. The predicted molar refractivity (Wildman–Crippen MR) is 64.6 cm³/mol. The van der Waals surface area contributed by atoms with Crippen molar-refractivity contribution in [2.75, 3.05) is 12.5 Å². The van der Waals surface area contributed by atoms with E-state index in [1.165, 1.54) is 3.57 Å². The molecule has 0 radical (unpaired) electrons. The van der Waals surface area contributed by atoms with E-state index in [9.17, 15) is 0 Å². The summed E-state index contributed by atoms with van der Waals surface area (Å²) in [5.74, 6) is 1.66. The van der Waals surface area contributed by atoms with E-state index in [1.807, 2.05) is 24.3 Å². The van der Waals surface area contributed by atoms with E-state index in [1.54, 1.807) is 0 Å². The Bertz CT molecular complexity index is 235. The van der Waals surface area contributed by atoms with Gasteiger partial charge in [0, 0.05) is 9.45 Å². The van der Waals surface area contributed by atoms with Crippen LogP contribution in [0.4, 0.5) is 0 Å². The van der Waals surface area contributed by atoms with Gasteiger partial charge in [-0.15, -0.1) is 11.6 Å². The van der Waals surface area contributed by atoms with Crippen molar-refractivity contribution in [3.8, 4) is 5.75 Å². The second kappa shape index (κ2) is 6.49. The van der Waals surface area contributed by atoms with E-state index in [-0.39, 0.29) is 0 Å². The molecule has 0 saturated heterocycles. The van der Waals surface area contributed by atoms with Crippen LogP contribution in [0, 0.1) is 3.57 Å². The van der Waals surface area contributed by atoms with Gasteiger partial charge >= 0.3 is 0 Å². The summed E-state index contributed by atoms with van der Waals surface area (Å²) in [6, 6.07) is 8.06. The highest BCUT2D eigenvalue weighted by molar-refractivity contribution is 14.1. The number of unbranched alkanes of at least 4 members (excludes halogenated alkanes) is 1. The highest BCUT2D eigenvalue weighted by Crippen LogP contribution is 2.13. The third-order valence-electron chi connectivity index (χ3n) is 1.61. The van der Waals surface area contributed by atoms with Crippen molar-refractivity contribution in [2.24, 2.45) is 0 Å². The molecule has 1 nitrogen and oxygen atoms in total. The molecule has 0 spiro atoms. The Morgan fingerprint density at radius 2 is 1.85 bits per heavy atom.